The van der Waals surface area contributed by atoms with Crippen LogP contribution in [0.15, 0.2) is 6.33 Å². The van der Waals surface area contributed by atoms with Gasteiger partial charge in [-0.2, -0.15) is 0 Å². The van der Waals surface area contributed by atoms with Crippen molar-refractivity contribution >= 4 is 5.97 Å². The first-order valence-electron chi connectivity index (χ1n) is 7.08. The van der Waals surface area contributed by atoms with Crippen LogP contribution < -0.4 is 5.32 Å². The van der Waals surface area contributed by atoms with Gasteiger partial charge in [0, 0.05) is 12.2 Å². The van der Waals surface area contributed by atoms with Crippen LogP contribution in [-0.4, -0.2) is 32.7 Å². The van der Waals surface area contributed by atoms with Crippen molar-refractivity contribution in [2.75, 3.05) is 6.54 Å². The average Bonchev–Trinajstić information content (AvgIpc) is 2.80. The number of likely N-dealkylation sites (N-methyl/N-ethyl adjacent to an activating group) is 1. The monoisotopic (exact) mass is 265 g/mol. The number of aliphatic carboxylic acids is 1. The van der Waals surface area contributed by atoms with Gasteiger partial charge in [-0.3, -0.25) is 4.79 Å². The predicted molar refractivity (Wildman–Crippen MR) is 73.2 cm³/mol. The normalized spacial score (nSPS) is 17.8. The van der Waals surface area contributed by atoms with Crippen molar-refractivity contribution in [3.05, 3.63) is 17.7 Å². The van der Waals surface area contributed by atoms with Crippen molar-refractivity contribution in [2.24, 2.45) is 0 Å². The molecule has 1 aromatic heterocycles. The van der Waals surface area contributed by atoms with Gasteiger partial charge in [-0.15, -0.1) is 0 Å². The maximum Gasteiger partial charge on any atom is 0.323 e. The van der Waals surface area contributed by atoms with E-state index in [2.05, 4.69) is 14.9 Å². The summed E-state index contributed by atoms with van der Waals surface area (Å²) in [5.41, 5.74) is 1.64. The van der Waals surface area contributed by atoms with Crippen LogP contribution in [0, 0.1) is 0 Å². The standard InChI is InChI=1S/C14H23N3O2/c1-3-16-14(2,13(18)19)8-9-17-10-15-11-6-4-5-7-12(11)17/h10,16H,3-9H2,1-2H3,(H,18,19). The summed E-state index contributed by atoms with van der Waals surface area (Å²) in [7, 11) is 0. The van der Waals surface area contributed by atoms with Crippen molar-refractivity contribution in [1.29, 1.82) is 0 Å². The first-order valence-corrected chi connectivity index (χ1v) is 7.08. The molecule has 0 aromatic carbocycles. The average molecular weight is 265 g/mol. The minimum Gasteiger partial charge on any atom is -0.480 e. The number of hydrogen-bond donors (Lipinski definition) is 2. The molecule has 0 spiro atoms. The third-order valence-electron chi connectivity index (χ3n) is 4.00. The summed E-state index contributed by atoms with van der Waals surface area (Å²) in [6.45, 7) is 5.05. The van der Waals surface area contributed by atoms with Gasteiger partial charge in [-0.25, -0.2) is 4.98 Å². The molecule has 1 aromatic rings. The van der Waals surface area contributed by atoms with Crippen LogP contribution in [0.3, 0.4) is 0 Å². The van der Waals surface area contributed by atoms with E-state index < -0.39 is 11.5 Å². The first kappa shape index (κ1) is 14.1. The number of carboxylic acids is 1. The lowest BCUT2D eigenvalue weighted by Gasteiger charge is -2.26. The van der Waals surface area contributed by atoms with Gasteiger partial charge < -0.3 is 15.0 Å². The molecule has 5 nitrogen and oxygen atoms in total. The number of aromatic nitrogens is 2. The highest BCUT2D eigenvalue weighted by atomic mass is 16.4. The molecule has 1 atom stereocenters. The molecule has 0 amide bonds. The number of nitrogens with one attached hydrogen (secondary N) is 1. The number of nitrogens with zero attached hydrogens (tertiary/aromatic N) is 2. The predicted octanol–water partition coefficient (Wildman–Crippen LogP) is 1.60. The zero-order valence-corrected chi connectivity index (χ0v) is 11.8. The molecule has 0 fully saturated rings. The molecule has 1 unspecified atom stereocenters. The number of rotatable bonds is 6. The summed E-state index contributed by atoms with van der Waals surface area (Å²) < 4.78 is 2.13. The second-order valence-electron chi connectivity index (χ2n) is 5.46. The van der Waals surface area contributed by atoms with E-state index in [9.17, 15) is 9.90 Å². The molecule has 0 saturated heterocycles. The van der Waals surface area contributed by atoms with E-state index in [0.717, 1.165) is 12.8 Å². The van der Waals surface area contributed by atoms with Gasteiger partial charge in [-0.1, -0.05) is 6.92 Å². The van der Waals surface area contributed by atoms with Gasteiger partial charge in [0.1, 0.15) is 5.54 Å². The fourth-order valence-electron chi connectivity index (χ4n) is 2.73. The highest BCUT2D eigenvalue weighted by Crippen LogP contribution is 2.21. The van der Waals surface area contributed by atoms with E-state index in [0.29, 0.717) is 19.5 Å². The van der Waals surface area contributed by atoms with Crippen LogP contribution >= 0.6 is 0 Å². The Morgan fingerprint density at radius 3 is 2.95 bits per heavy atom. The first-order chi connectivity index (χ1) is 9.07. The Labute approximate surface area is 114 Å². The minimum atomic E-state index is -0.861. The van der Waals surface area contributed by atoms with Crippen LogP contribution in [0.1, 0.15) is 44.5 Å². The van der Waals surface area contributed by atoms with Crippen molar-refractivity contribution in [3.8, 4) is 0 Å². The Morgan fingerprint density at radius 2 is 2.26 bits per heavy atom. The molecule has 19 heavy (non-hydrogen) atoms. The fraction of sp³-hybridized carbons (Fsp3) is 0.714. The van der Waals surface area contributed by atoms with Gasteiger partial charge in [0.25, 0.3) is 0 Å². The molecule has 0 saturated carbocycles. The summed E-state index contributed by atoms with van der Waals surface area (Å²) in [5, 5.41) is 12.4. The van der Waals surface area contributed by atoms with E-state index in [1.807, 2.05) is 13.3 Å². The number of carboxylic acid groups (broad SMARTS) is 1. The summed E-state index contributed by atoms with van der Waals surface area (Å²) in [4.78, 5) is 15.8. The Hall–Kier alpha value is -1.36. The van der Waals surface area contributed by atoms with E-state index >= 15 is 0 Å². The molecule has 1 heterocycles. The molecule has 0 radical (unpaired) electrons. The Kier molecular flexibility index (Phi) is 4.24. The van der Waals surface area contributed by atoms with Gasteiger partial charge in [0.05, 0.1) is 12.0 Å². The highest BCUT2D eigenvalue weighted by Gasteiger charge is 2.32. The Morgan fingerprint density at radius 1 is 1.53 bits per heavy atom. The molecule has 1 aliphatic rings. The summed E-state index contributed by atoms with van der Waals surface area (Å²) in [5.74, 6) is -0.789. The molecule has 2 rings (SSSR count). The van der Waals surface area contributed by atoms with Gasteiger partial charge in [0.15, 0.2) is 0 Å². The van der Waals surface area contributed by atoms with Crippen molar-refractivity contribution in [1.82, 2.24) is 14.9 Å². The molecule has 2 N–H and O–H groups in total. The SMILES string of the molecule is CCNC(C)(CCn1cnc2c1CCCC2)C(=O)O. The summed E-state index contributed by atoms with van der Waals surface area (Å²) in [6.07, 6.45) is 6.99. The number of aryl methyl sites for hydroxylation is 2. The third-order valence-corrected chi connectivity index (χ3v) is 4.00. The number of hydrogen-bond acceptors (Lipinski definition) is 3. The fourth-order valence-corrected chi connectivity index (χ4v) is 2.73. The van der Waals surface area contributed by atoms with Crippen LogP contribution in [0.25, 0.3) is 0 Å². The summed E-state index contributed by atoms with van der Waals surface area (Å²) >= 11 is 0. The van der Waals surface area contributed by atoms with Gasteiger partial charge in [0.2, 0.25) is 0 Å². The second kappa shape index (κ2) is 5.74. The van der Waals surface area contributed by atoms with E-state index in [4.69, 9.17) is 0 Å². The number of fused-ring (bicyclic) bond motifs is 1. The molecule has 0 bridgehead atoms. The largest absolute Gasteiger partial charge is 0.480 e. The van der Waals surface area contributed by atoms with Crippen molar-refractivity contribution in [3.63, 3.8) is 0 Å². The van der Waals surface area contributed by atoms with E-state index in [-0.39, 0.29) is 0 Å². The maximum atomic E-state index is 11.4. The smallest absolute Gasteiger partial charge is 0.323 e. The lowest BCUT2D eigenvalue weighted by atomic mass is 9.97. The zero-order valence-electron chi connectivity index (χ0n) is 11.8. The van der Waals surface area contributed by atoms with Crippen LogP contribution in [-0.2, 0) is 24.2 Å². The van der Waals surface area contributed by atoms with Gasteiger partial charge in [-0.05, 0) is 45.6 Å². The third kappa shape index (κ3) is 2.97. The van der Waals surface area contributed by atoms with Crippen LogP contribution in [0.5, 0.6) is 0 Å². The second-order valence-corrected chi connectivity index (χ2v) is 5.46. The van der Waals surface area contributed by atoms with Gasteiger partial charge >= 0.3 is 5.97 Å². The van der Waals surface area contributed by atoms with Crippen LogP contribution in [0.4, 0.5) is 0 Å². The molecular weight excluding hydrogens is 242 g/mol. The lowest BCUT2D eigenvalue weighted by Crippen LogP contribution is -2.50. The molecule has 1 aliphatic carbocycles. The van der Waals surface area contributed by atoms with Crippen molar-refractivity contribution in [2.45, 2.75) is 58.0 Å². The highest BCUT2D eigenvalue weighted by molar-refractivity contribution is 5.78. The number of imidazole rings is 1. The molecular formula is C14H23N3O2. The quantitative estimate of drug-likeness (QED) is 0.820. The summed E-state index contributed by atoms with van der Waals surface area (Å²) in [6, 6.07) is 0. The Balaban J connectivity index is 2.05. The van der Waals surface area contributed by atoms with E-state index in [1.165, 1.54) is 24.2 Å². The number of carbonyl (C=O) groups is 1. The zero-order chi connectivity index (χ0) is 13.9. The minimum absolute atomic E-state index is 0.568. The van der Waals surface area contributed by atoms with Crippen LogP contribution in [0.2, 0.25) is 0 Å². The topological polar surface area (TPSA) is 67.2 Å². The lowest BCUT2D eigenvalue weighted by molar-refractivity contribution is -0.144. The molecule has 0 aliphatic heterocycles. The van der Waals surface area contributed by atoms with Crippen molar-refractivity contribution < 1.29 is 9.90 Å². The van der Waals surface area contributed by atoms with E-state index in [1.54, 1.807) is 6.92 Å². The molecule has 5 heteroatoms. The Bertz CT molecular complexity index is 456. The molecule has 106 valence electrons. The maximum absolute atomic E-state index is 11.4.